The summed E-state index contributed by atoms with van der Waals surface area (Å²) in [5, 5.41) is 0. The van der Waals surface area contributed by atoms with Crippen molar-refractivity contribution in [1.29, 1.82) is 0 Å². The highest BCUT2D eigenvalue weighted by Crippen LogP contribution is 1.96. The van der Waals surface area contributed by atoms with Crippen molar-refractivity contribution in [2.45, 2.75) is 25.8 Å². The van der Waals surface area contributed by atoms with Crippen LogP contribution in [0, 0.1) is 0 Å². The molecule has 0 aliphatic heterocycles. The standard InChI is InChI=1S/C7H16N2O3/c1-2-11-7(10)6(8)4-3-5-12-9/h6H,2-5,8-9H2,1H3/t6-/m0/s1. The number of rotatable bonds is 6. The van der Waals surface area contributed by atoms with Crippen molar-refractivity contribution in [1.82, 2.24) is 0 Å². The maximum Gasteiger partial charge on any atom is 0.322 e. The molecular weight excluding hydrogens is 160 g/mol. The summed E-state index contributed by atoms with van der Waals surface area (Å²) in [6, 6.07) is -0.555. The van der Waals surface area contributed by atoms with Gasteiger partial charge in [-0.3, -0.25) is 4.79 Å². The van der Waals surface area contributed by atoms with Crippen LogP contribution in [0.3, 0.4) is 0 Å². The smallest absolute Gasteiger partial charge is 0.322 e. The highest BCUT2D eigenvalue weighted by Gasteiger charge is 2.13. The first-order valence-electron chi connectivity index (χ1n) is 3.96. The molecule has 0 aliphatic rings. The molecule has 0 unspecified atom stereocenters. The second-order valence-electron chi connectivity index (χ2n) is 2.37. The maximum atomic E-state index is 10.9. The van der Waals surface area contributed by atoms with Crippen LogP contribution in [0.1, 0.15) is 19.8 Å². The summed E-state index contributed by atoms with van der Waals surface area (Å²) in [6.45, 7) is 2.51. The molecule has 0 amide bonds. The third-order valence-electron chi connectivity index (χ3n) is 1.37. The lowest BCUT2D eigenvalue weighted by atomic mass is 10.2. The van der Waals surface area contributed by atoms with Crippen molar-refractivity contribution in [2.24, 2.45) is 11.6 Å². The zero-order valence-electron chi connectivity index (χ0n) is 7.29. The summed E-state index contributed by atoms with van der Waals surface area (Å²) >= 11 is 0. The van der Waals surface area contributed by atoms with E-state index in [0.29, 0.717) is 26.1 Å². The van der Waals surface area contributed by atoms with Gasteiger partial charge < -0.3 is 15.3 Å². The Balaban J connectivity index is 3.42. The third kappa shape index (κ3) is 5.06. The van der Waals surface area contributed by atoms with Gasteiger partial charge in [-0.05, 0) is 19.8 Å². The van der Waals surface area contributed by atoms with Gasteiger partial charge in [0, 0.05) is 0 Å². The number of carbonyl (C=O) groups is 1. The van der Waals surface area contributed by atoms with Gasteiger partial charge in [0.05, 0.1) is 13.2 Å². The molecule has 0 saturated carbocycles. The van der Waals surface area contributed by atoms with Crippen molar-refractivity contribution in [3.63, 3.8) is 0 Å². The van der Waals surface area contributed by atoms with E-state index in [-0.39, 0.29) is 5.97 Å². The molecule has 0 aromatic carbocycles. The van der Waals surface area contributed by atoms with E-state index in [4.69, 9.17) is 16.4 Å². The average molecular weight is 176 g/mol. The number of nitrogens with two attached hydrogens (primary N) is 2. The molecular formula is C7H16N2O3. The Bertz CT molecular complexity index is 130. The first-order chi connectivity index (χ1) is 5.72. The molecule has 0 heterocycles. The Morgan fingerprint density at radius 3 is 2.75 bits per heavy atom. The number of hydrogen-bond acceptors (Lipinski definition) is 5. The summed E-state index contributed by atoms with van der Waals surface area (Å²) in [5.41, 5.74) is 5.47. The second-order valence-corrected chi connectivity index (χ2v) is 2.37. The molecule has 4 N–H and O–H groups in total. The van der Waals surface area contributed by atoms with Gasteiger partial charge >= 0.3 is 5.97 Å². The van der Waals surface area contributed by atoms with E-state index in [1.54, 1.807) is 6.92 Å². The van der Waals surface area contributed by atoms with Gasteiger partial charge in [0.2, 0.25) is 0 Å². The molecule has 0 aliphatic carbocycles. The molecule has 0 rings (SSSR count). The first-order valence-corrected chi connectivity index (χ1v) is 3.96. The first kappa shape index (κ1) is 11.4. The van der Waals surface area contributed by atoms with Crippen LogP contribution in [0.4, 0.5) is 0 Å². The predicted octanol–water partition coefficient (Wildman–Crippen LogP) is -0.453. The molecule has 12 heavy (non-hydrogen) atoms. The predicted molar refractivity (Wildman–Crippen MR) is 44.0 cm³/mol. The molecule has 0 radical (unpaired) electrons. The fourth-order valence-electron chi connectivity index (χ4n) is 0.754. The Kier molecular flexibility index (Phi) is 6.64. The quantitative estimate of drug-likeness (QED) is 0.325. The van der Waals surface area contributed by atoms with E-state index in [9.17, 15) is 4.79 Å². The molecule has 0 aromatic heterocycles. The molecule has 72 valence electrons. The van der Waals surface area contributed by atoms with Crippen molar-refractivity contribution in [3.05, 3.63) is 0 Å². The number of carbonyl (C=O) groups excluding carboxylic acids is 1. The van der Waals surface area contributed by atoms with Crippen LogP contribution in [-0.2, 0) is 14.4 Å². The summed E-state index contributed by atoms with van der Waals surface area (Å²) in [4.78, 5) is 15.2. The molecule has 1 atom stereocenters. The van der Waals surface area contributed by atoms with Crippen LogP contribution in [0.15, 0.2) is 0 Å². The van der Waals surface area contributed by atoms with Gasteiger partial charge in [0.25, 0.3) is 0 Å². The number of esters is 1. The van der Waals surface area contributed by atoms with E-state index < -0.39 is 6.04 Å². The zero-order chi connectivity index (χ0) is 9.40. The maximum absolute atomic E-state index is 10.9. The van der Waals surface area contributed by atoms with Crippen LogP contribution < -0.4 is 11.6 Å². The minimum atomic E-state index is -0.555. The second kappa shape index (κ2) is 7.02. The van der Waals surface area contributed by atoms with Gasteiger partial charge in [-0.15, -0.1) is 0 Å². The van der Waals surface area contributed by atoms with E-state index in [1.807, 2.05) is 0 Å². The normalized spacial score (nSPS) is 12.6. The van der Waals surface area contributed by atoms with Gasteiger partial charge in [-0.1, -0.05) is 0 Å². The molecule has 0 fully saturated rings. The van der Waals surface area contributed by atoms with E-state index in [2.05, 4.69) is 4.84 Å². The molecule has 0 spiro atoms. The largest absolute Gasteiger partial charge is 0.465 e. The van der Waals surface area contributed by atoms with E-state index in [0.717, 1.165) is 0 Å². The zero-order valence-corrected chi connectivity index (χ0v) is 7.29. The van der Waals surface area contributed by atoms with E-state index >= 15 is 0 Å². The SMILES string of the molecule is CCOC(=O)[C@@H](N)CCCON. The summed E-state index contributed by atoms with van der Waals surface area (Å²) in [7, 11) is 0. The minimum absolute atomic E-state index is 0.361. The van der Waals surface area contributed by atoms with Crippen molar-refractivity contribution in [3.8, 4) is 0 Å². The lowest BCUT2D eigenvalue weighted by molar-refractivity contribution is -0.144. The van der Waals surface area contributed by atoms with Crippen LogP contribution in [0.2, 0.25) is 0 Å². The lowest BCUT2D eigenvalue weighted by Crippen LogP contribution is -2.32. The van der Waals surface area contributed by atoms with Gasteiger partial charge in [-0.2, -0.15) is 0 Å². The highest BCUT2D eigenvalue weighted by molar-refractivity contribution is 5.75. The molecule has 5 heteroatoms. The van der Waals surface area contributed by atoms with Crippen LogP contribution in [-0.4, -0.2) is 25.2 Å². The van der Waals surface area contributed by atoms with Crippen LogP contribution in [0.5, 0.6) is 0 Å². The Morgan fingerprint density at radius 2 is 2.25 bits per heavy atom. The molecule has 0 aromatic rings. The Hall–Kier alpha value is -0.650. The van der Waals surface area contributed by atoms with Gasteiger partial charge in [-0.25, -0.2) is 5.90 Å². The molecule has 0 bridgehead atoms. The highest BCUT2D eigenvalue weighted by atomic mass is 16.6. The summed E-state index contributed by atoms with van der Waals surface area (Å²) in [6.07, 6.45) is 1.20. The van der Waals surface area contributed by atoms with Crippen LogP contribution >= 0.6 is 0 Å². The fourth-order valence-corrected chi connectivity index (χ4v) is 0.754. The van der Waals surface area contributed by atoms with E-state index in [1.165, 1.54) is 0 Å². The van der Waals surface area contributed by atoms with Crippen molar-refractivity contribution in [2.75, 3.05) is 13.2 Å². The summed E-state index contributed by atoms with van der Waals surface area (Å²) < 4.78 is 4.70. The fraction of sp³-hybridized carbons (Fsp3) is 0.857. The monoisotopic (exact) mass is 176 g/mol. The average Bonchev–Trinajstić information content (AvgIpc) is 2.05. The van der Waals surface area contributed by atoms with Gasteiger partial charge in [0.15, 0.2) is 0 Å². The molecule has 0 saturated heterocycles. The van der Waals surface area contributed by atoms with Gasteiger partial charge in [0.1, 0.15) is 6.04 Å². The number of ether oxygens (including phenoxy) is 1. The van der Waals surface area contributed by atoms with Crippen molar-refractivity contribution < 1.29 is 14.4 Å². The van der Waals surface area contributed by atoms with Crippen LogP contribution in [0.25, 0.3) is 0 Å². The topological polar surface area (TPSA) is 87.6 Å². The Labute approximate surface area is 72.0 Å². The minimum Gasteiger partial charge on any atom is -0.465 e. The van der Waals surface area contributed by atoms with Crippen molar-refractivity contribution >= 4 is 5.97 Å². The third-order valence-corrected chi connectivity index (χ3v) is 1.37. The Morgan fingerprint density at radius 1 is 1.58 bits per heavy atom. The molecule has 5 nitrogen and oxygen atoms in total. The summed E-state index contributed by atoms with van der Waals surface area (Å²) in [5.74, 6) is 4.43. The lowest BCUT2D eigenvalue weighted by Gasteiger charge is -2.09. The number of hydrogen-bond donors (Lipinski definition) is 2.